The number of carbonyl (C=O) groups excluding carboxylic acids is 2. The van der Waals surface area contributed by atoms with Crippen molar-refractivity contribution in [3.05, 3.63) is 69.1 Å². The van der Waals surface area contributed by atoms with Gasteiger partial charge in [-0.1, -0.05) is 40.2 Å². The highest BCUT2D eigenvalue weighted by Crippen LogP contribution is 2.34. The van der Waals surface area contributed by atoms with Crippen molar-refractivity contribution in [3.8, 4) is 11.5 Å². The molecule has 0 atom stereocenters. The van der Waals surface area contributed by atoms with Crippen LogP contribution in [0, 0.1) is 0 Å². The van der Waals surface area contributed by atoms with Gasteiger partial charge in [0.1, 0.15) is 11.5 Å². The Morgan fingerprint density at radius 2 is 1.76 bits per heavy atom. The maximum absolute atomic E-state index is 12.5. The third-order valence-electron chi connectivity index (χ3n) is 4.28. The van der Waals surface area contributed by atoms with Gasteiger partial charge in [0.15, 0.2) is 11.7 Å². The first-order valence-electron chi connectivity index (χ1n) is 9.91. The molecule has 0 saturated carbocycles. The van der Waals surface area contributed by atoms with Gasteiger partial charge < -0.3 is 9.47 Å². The van der Waals surface area contributed by atoms with Crippen molar-refractivity contribution >= 4 is 71.8 Å². The first kappa shape index (κ1) is 24.9. The van der Waals surface area contributed by atoms with E-state index in [0.717, 1.165) is 19.7 Å². The van der Waals surface area contributed by atoms with Gasteiger partial charge in [0.05, 0.1) is 16.1 Å². The fourth-order valence-electron chi connectivity index (χ4n) is 2.87. The Morgan fingerprint density at radius 1 is 1.00 bits per heavy atom. The molecular weight excluding hydrogens is 574 g/mol. The van der Waals surface area contributed by atoms with Gasteiger partial charge in [-0.3, -0.25) is 25.8 Å². The molecule has 10 heteroatoms. The zero-order chi connectivity index (χ0) is 24.0. The Balaban J connectivity index is 1.51. The zero-order valence-electron chi connectivity index (χ0n) is 17.8. The molecule has 3 aromatic carbocycles. The molecule has 0 spiro atoms. The van der Waals surface area contributed by atoms with Crippen molar-refractivity contribution < 1.29 is 19.1 Å². The minimum absolute atomic E-state index is 0.0647. The zero-order valence-corrected chi connectivity index (χ0v) is 21.8. The summed E-state index contributed by atoms with van der Waals surface area (Å²) in [6.45, 7) is 3.48. The van der Waals surface area contributed by atoms with Crippen LogP contribution in [0.5, 0.6) is 11.5 Å². The fraction of sp³-hybridized carbons (Fsp3) is 0.174. The van der Waals surface area contributed by atoms with E-state index in [-0.39, 0.29) is 17.8 Å². The molecule has 3 aromatic rings. The second-order valence-electron chi connectivity index (χ2n) is 7.15. The molecule has 3 N–H and O–H groups in total. The molecular formula is C23H21Br2N3O4S. The standard InChI is InChI=1S/C23H21Br2N3O4S/c1-13(2)32-18-6-4-3-5-17(18)22(30)26-23(33)28-27-20(29)12-31-19-10-7-14-11-15(24)8-9-16(14)21(19)25/h3-11,13H,12H2,1-2H3,(H,27,29)(H2,26,28,30,33). The van der Waals surface area contributed by atoms with Gasteiger partial charge in [0.25, 0.3) is 11.8 Å². The summed E-state index contributed by atoms with van der Waals surface area (Å²) in [5, 5.41) is 4.43. The molecule has 3 rings (SSSR count). The monoisotopic (exact) mass is 593 g/mol. The number of fused-ring (bicyclic) bond motifs is 1. The van der Waals surface area contributed by atoms with Crippen LogP contribution >= 0.6 is 44.1 Å². The Morgan fingerprint density at radius 3 is 2.52 bits per heavy atom. The van der Waals surface area contributed by atoms with Crippen LogP contribution in [-0.4, -0.2) is 29.6 Å². The number of halogens is 2. The highest BCUT2D eigenvalue weighted by molar-refractivity contribution is 9.11. The molecule has 0 bridgehead atoms. The van der Waals surface area contributed by atoms with Crippen molar-refractivity contribution in [3.63, 3.8) is 0 Å². The molecule has 0 aliphatic heterocycles. The summed E-state index contributed by atoms with van der Waals surface area (Å²) in [4.78, 5) is 24.7. The van der Waals surface area contributed by atoms with Crippen LogP contribution in [0.3, 0.4) is 0 Å². The number of hydrogen-bond acceptors (Lipinski definition) is 5. The molecule has 0 unspecified atom stereocenters. The second-order valence-corrected chi connectivity index (χ2v) is 9.27. The lowest BCUT2D eigenvalue weighted by Crippen LogP contribution is -2.49. The number of benzene rings is 3. The van der Waals surface area contributed by atoms with Gasteiger partial charge in [-0.15, -0.1) is 0 Å². The van der Waals surface area contributed by atoms with Gasteiger partial charge in [-0.25, -0.2) is 0 Å². The minimum atomic E-state index is -0.474. The Hall–Kier alpha value is -2.69. The first-order chi connectivity index (χ1) is 15.7. The maximum Gasteiger partial charge on any atom is 0.276 e. The molecule has 7 nitrogen and oxygen atoms in total. The van der Waals surface area contributed by atoms with Crippen LogP contribution in [0.15, 0.2) is 63.5 Å². The van der Waals surface area contributed by atoms with E-state index >= 15 is 0 Å². The summed E-state index contributed by atoms with van der Waals surface area (Å²) in [5.41, 5.74) is 5.22. The normalized spacial score (nSPS) is 10.6. The highest BCUT2D eigenvalue weighted by atomic mass is 79.9. The average molecular weight is 595 g/mol. The lowest BCUT2D eigenvalue weighted by molar-refractivity contribution is -0.123. The third kappa shape index (κ3) is 6.89. The predicted octanol–water partition coefficient (Wildman–Crippen LogP) is 4.87. The van der Waals surface area contributed by atoms with Crippen molar-refractivity contribution in [1.82, 2.24) is 16.2 Å². The van der Waals surface area contributed by atoms with E-state index in [1.807, 2.05) is 38.1 Å². The number of nitrogens with one attached hydrogen (secondary N) is 3. The molecule has 0 aromatic heterocycles. The van der Waals surface area contributed by atoms with Gasteiger partial charge in [-0.2, -0.15) is 0 Å². The highest BCUT2D eigenvalue weighted by Gasteiger charge is 2.15. The lowest BCUT2D eigenvalue weighted by Gasteiger charge is -2.15. The van der Waals surface area contributed by atoms with Crippen LogP contribution in [0.25, 0.3) is 10.8 Å². The van der Waals surface area contributed by atoms with Crippen LogP contribution in [0.1, 0.15) is 24.2 Å². The van der Waals surface area contributed by atoms with E-state index in [0.29, 0.717) is 17.1 Å². The average Bonchev–Trinajstić information content (AvgIpc) is 2.77. The molecule has 0 aliphatic rings. The number of amides is 2. The minimum Gasteiger partial charge on any atom is -0.490 e. The SMILES string of the molecule is CC(C)Oc1ccccc1C(=O)NC(=S)NNC(=O)COc1ccc2cc(Br)ccc2c1Br. The van der Waals surface area contributed by atoms with E-state index in [2.05, 4.69) is 48.0 Å². The fourth-order valence-corrected chi connectivity index (χ4v) is 4.00. The second kappa shape index (κ2) is 11.4. The van der Waals surface area contributed by atoms with E-state index in [4.69, 9.17) is 21.7 Å². The molecule has 0 fully saturated rings. The van der Waals surface area contributed by atoms with E-state index in [9.17, 15) is 9.59 Å². The van der Waals surface area contributed by atoms with Crippen molar-refractivity contribution in [2.75, 3.05) is 6.61 Å². The van der Waals surface area contributed by atoms with Gasteiger partial charge in [0, 0.05) is 4.47 Å². The molecule has 0 heterocycles. The summed E-state index contributed by atoms with van der Waals surface area (Å²) < 4.78 is 13.0. The number of para-hydroxylation sites is 1. The number of carbonyl (C=O) groups is 2. The topological polar surface area (TPSA) is 88.7 Å². The molecule has 0 aliphatic carbocycles. The largest absolute Gasteiger partial charge is 0.490 e. The number of hydrogen-bond donors (Lipinski definition) is 3. The van der Waals surface area contributed by atoms with Crippen LogP contribution in [0.4, 0.5) is 0 Å². The first-order valence-corrected chi connectivity index (χ1v) is 11.9. The van der Waals surface area contributed by atoms with E-state index in [1.165, 1.54) is 0 Å². The third-order valence-corrected chi connectivity index (χ3v) is 5.79. The summed E-state index contributed by atoms with van der Waals surface area (Å²) in [6, 6.07) is 16.4. The van der Waals surface area contributed by atoms with Crippen molar-refractivity contribution in [1.29, 1.82) is 0 Å². The summed E-state index contributed by atoms with van der Waals surface area (Å²) in [5.74, 6) is 0.0371. The Labute approximate surface area is 213 Å². The predicted molar refractivity (Wildman–Crippen MR) is 138 cm³/mol. The number of rotatable bonds is 6. The number of hydrazine groups is 1. The molecule has 0 saturated heterocycles. The van der Waals surface area contributed by atoms with Crippen LogP contribution in [0.2, 0.25) is 0 Å². The van der Waals surface area contributed by atoms with Gasteiger partial charge in [-0.05, 0) is 83.1 Å². The molecule has 2 amide bonds. The molecule has 0 radical (unpaired) electrons. The number of ether oxygens (including phenoxy) is 2. The van der Waals surface area contributed by atoms with Crippen molar-refractivity contribution in [2.24, 2.45) is 0 Å². The number of thiocarbonyl (C=S) groups is 1. The van der Waals surface area contributed by atoms with E-state index in [1.54, 1.807) is 30.3 Å². The summed E-state index contributed by atoms with van der Waals surface area (Å²) in [7, 11) is 0. The smallest absolute Gasteiger partial charge is 0.276 e. The van der Waals surface area contributed by atoms with E-state index < -0.39 is 11.8 Å². The van der Waals surface area contributed by atoms with Gasteiger partial charge >= 0.3 is 0 Å². The Bertz CT molecular complexity index is 1200. The maximum atomic E-state index is 12.5. The van der Waals surface area contributed by atoms with Gasteiger partial charge in [0.2, 0.25) is 0 Å². The Kier molecular flexibility index (Phi) is 8.65. The summed E-state index contributed by atoms with van der Waals surface area (Å²) in [6.07, 6.45) is -0.0900. The van der Waals surface area contributed by atoms with Crippen LogP contribution in [-0.2, 0) is 4.79 Å². The van der Waals surface area contributed by atoms with Crippen LogP contribution < -0.4 is 25.6 Å². The molecule has 172 valence electrons. The summed E-state index contributed by atoms with van der Waals surface area (Å²) >= 11 is 12.1. The quantitative estimate of drug-likeness (QED) is 0.279. The van der Waals surface area contributed by atoms with Crippen molar-refractivity contribution in [2.45, 2.75) is 20.0 Å². The molecule has 33 heavy (non-hydrogen) atoms. The lowest BCUT2D eigenvalue weighted by atomic mass is 10.1.